The van der Waals surface area contributed by atoms with E-state index in [2.05, 4.69) is 4.98 Å². The molecule has 0 saturated carbocycles. The van der Waals surface area contributed by atoms with Crippen LogP contribution in [-0.4, -0.2) is 16.1 Å². The van der Waals surface area contributed by atoms with Gasteiger partial charge in [0, 0.05) is 11.3 Å². The van der Waals surface area contributed by atoms with Gasteiger partial charge in [0.05, 0.1) is 17.5 Å². The third kappa shape index (κ3) is 1.69. The number of nitrogens with zero attached hydrogens (tertiary/aromatic N) is 1. The van der Waals surface area contributed by atoms with Crippen molar-refractivity contribution in [1.29, 1.82) is 0 Å². The number of aryl methyl sites for hydroxylation is 2. The maximum absolute atomic E-state index is 11.2. The minimum absolute atomic E-state index is 0.195. The highest BCUT2D eigenvalue weighted by Gasteiger charge is 2.17. The molecule has 0 aliphatic carbocycles. The molecule has 0 aliphatic heterocycles. The van der Waals surface area contributed by atoms with Crippen LogP contribution < -0.4 is 0 Å². The lowest BCUT2D eigenvalue weighted by Gasteiger charge is -2.07. The van der Waals surface area contributed by atoms with Crippen LogP contribution in [0, 0.1) is 13.8 Å². The first-order chi connectivity index (χ1) is 7.59. The Bertz CT molecular complexity index is 529. The average molecular weight is 217 g/mol. The summed E-state index contributed by atoms with van der Waals surface area (Å²) >= 11 is 0. The Balaban J connectivity index is 2.72. The molecule has 0 spiro atoms. The summed E-state index contributed by atoms with van der Waals surface area (Å²) in [7, 11) is 0. The van der Waals surface area contributed by atoms with Crippen LogP contribution in [0.15, 0.2) is 28.9 Å². The fraction of sp³-hybridized carbons (Fsp3) is 0.167. The summed E-state index contributed by atoms with van der Waals surface area (Å²) in [5, 5.41) is 9.15. The van der Waals surface area contributed by atoms with Gasteiger partial charge in [-0.25, -0.2) is 4.79 Å². The number of rotatable bonds is 2. The molecule has 0 amide bonds. The van der Waals surface area contributed by atoms with E-state index < -0.39 is 5.97 Å². The number of carbonyl (C=O) groups is 1. The molecule has 4 nitrogen and oxygen atoms in total. The van der Waals surface area contributed by atoms with Crippen LogP contribution >= 0.6 is 0 Å². The highest BCUT2D eigenvalue weighted by atomic mass is 16.4. The van der Waals surface area contributed by atoms with Crippen LogP contribution in [-0.2, 0) is 0 Å². The highest BCUT2D eigenvalue weighted by molar-refractivity contribution is 5.96. The molecule has 2 aromatic heterocycles. The van der Waals surface area contributed by atoms with Crippen LogP contribution in [0.2, 0.25) is 0 Å². The summed E-state index contributed by atoms with van der Waals surface area (Å²) < 4.78 is 5.23. The second kappa shape index (κ2) is 3.81. The summed E-state index contributed by atoms with van der Waals surface area (Å²) in [6.45, 7) is 3.51. The van der Waals surface area contributed by atoms with Crippen LogP contribution in [0.3, 0.4) is 0 Å². The zero-order valence-electron chi connectivity index (χ0n) is 9.02. The van der Waals surface area contributed by atoms with Crippen molar-refractivity contribution in [3.05, 3.63) is 41.4 Å². The van der Waals surface area contributed by atoms with E-state index in [4.69, 9.17) is 9.52 Å². The molecule has 0 fully saturated rings. The number of aromatic nitrogens is 1. The van der Waals surface area contributed by atoms with E-state index in [0.29, 0.717) is 17.0 Å². The first-order valence-electron chi connectivity index (χ1n) is 4.85. The fourth-order valence-electron chi connectivity index (χ4n) is 1.72. The molecule has 0 unspecified atom stereocenters. The molecule has 2 rings (SSSR count). The van der Waals surface area contributed by atoms with Crippen molar-refractivity contribution in [2.24, 2.45) is 0 Å². The average Bonchev–Trinajstić information content (AvgIpc) is 2.67. The van der Waals surface area contributed by atoms with Gasteiger partial charge in [0.1, 0.15) is 5.76 Å². The molecule has 0 saturated heterocycles. The predicted molar refractivity (Wildman–Crippen MR) is 58.4 cm³/mol. The Kier molecular flexibility index (Phi) is 2.48. The van der Waals surface area contributed by atoms with Crippen molar-refractivity contribution in [2.75, 3.05) is 0 Å². The summed E-state index contributed by atoms with van der Waals surface area (Å²) in [5.74, 6) is -0.442. The van der Waals surface area contributed by atoms with Crippen LogP contribution in [0.25, 0.3) is 11.3 Å². The predicted octanol–water partition coefficient (Wildman–Crippen LogP) is 2.66. The van der Waals surface area contributed by atoms with Gasteiger partial charge >= 0.3 is 5.97 Å². The summed E-state index contributed by atoms with van der Waals surface area (Å²) in [5.41, 5.74) is 2.04. The number of hydrogen-bond donors (Lipinski definition) is 1. The van der Waals surface area contributed by atoms with E-state index in [1.165, 1.54) is 6.26 Å². The van der Waals surface area contributed by atoms with Gasteiger partial charge in [-0.15, -0.1) is 0 Å². The van der Waals surface area contributed by atoms with Gasteiger partial charge < -0.3 is 9.52 Å². The molecule has 2 aromatic rings. The molecule has 0 aromatic carbocycles. The smallest absolute Gasteiger partial charge is 0.338 e. The Morgan fingerprint density at radius 1 is 1.44 bits per heavy atom. The van der Waals surface area contributed by atoms with E-state index in [0.717, 1.165) is 5.69 Å². The maximum Gasteiger partial charge on any atom is 0.338 e. The summed E-state index contributed by atoms with van der Waals surface area (Å²) in [6, 6.07) is 5.18. The summed E-state index contributed by atoms with van der Waals surface area (Å²) in [4.78, 5) is 15.3. The molecule has 0 aliphatic rings. The van der Waals surface area contributed by atoms with E-state index in [1.54, 1.807) is 25.1 Å². The quantitative estimate of drug-likeness (QED) is 0.839. The zero-order chi connectivity index (χ0) is 11.7. The second-order valence-electron chi connectivity index (χ2n) is 3.55. The molecule has 0 radical (unpaired) electrons. The molecule has 0 bridgehead atoms. The fourth-order valence-corrected chi connectivity index (χ4v) is 1.72. The lowest BCUT2D eigenvalue weighted by Crippen LogP contribution is -2.05. The van der Waals surface area contributed by atoms with Crippen LogP contribution in [0.1, 0.15) is 21.7 Å². The first-order valence-corrected chi connectivity index (χ1v) is 4.85. The number of carboxylic acid groups (broad SMARTS) is 1. The van der Waals surface area contributed by atoms with Gasteiger partial charge in [-0.05, 0) is 32.0 Å². The van der Waals surface area contributed by atoms with Gasteiger partial charge in [-0.3, -0.25) is 4.98 Å². The lowest BCUT2D eigenvalue weighted by atomic mass is 10.0. The van der Waals surface area contributed by atoms with Crippen molar-refractivity contribution < 1.29 is 14.3 Å². The molecule has 0 atom stereocenters. The minimum atomic E-state index is -0.989. The summed E-state index contributed by atoms with van der Waals surface area (Å²) in [6.07, 6.45) is 1.52. The van der Waals surface area contributed by atoms with Crippen molar-refractivity contribution in [2.45, 2.75) is 13.8 Å². The number of hydrogen-bond acceptors (Lipinski definition) is 3. The SMILES string of the molecule is Cc1cc(-c2ccco2)c(C(=O)O)c(C)n1. The van der Waals surface area contributed by atoms with E-state index in [-0.39, 0.29) is 5.56 Å². The lowest BCUT2D eigenvalue weighted by molar-refractivity contribution is 0.0696. The molecular weight excluding hydrogens is 206 g/mol. The Hall–Kier alpha value is -2.10. The minimum Gasteiger partial charge on any atom is -0.478 e. The zero-order valence-corrected chi connectivity index (χ0v) is 9.02. The third-order valence-electron chi connectivity index (χ3n) is 2.33. The van der Waals surface area contributed by atoms with Crippen LogP contribution in [0.5, 0.6) is 0 Å². The maximum atomic E-state index is 11.2. The Morgan fingerprint density at radius 3 is 2.75 bits per heavy atom. The Labute approximate surface area is 92.6 Å². The largest absolute Gasteiger partial charge is 0.478 e. The van der Waals surface area contributed by atoms with Crippen molar-refractivity contribution in [3.63, 3.8) is 0 Å². The monoisotopic (exact) mass is 217 g/mol. The van der Waals surface area contributed by atoms with E-state index in [9.17, 15) is 4.79 Å². The van der Waals surface area contributed by atoms with Gasteiger partial charge in [-0.1, -0.05) is 0 Å². The Morgan fingerprint density at radius 2 is 2.19 bits per heavy atom. The third-order valence-corrected chi connectivity index (χ3v) is 2.33. The van der Waals surface area contributed by atoms with Crippen molar-refractivity contribution >= 4 is 5.97 Å². The van der Waals surface area contributed by atoms with Gasteiger partial charge in [0.15, 0.2) is 0 Å². The number of aromatic carboxylic acids is 1. The normalized spacial score (nSPS) is 10.4. The van der Waals surface area contributed by atoms with Crippen LogP contribution in [0.4, 0.5) is 0 Å². The topological polar surface area (TPSA) is 63.3 Å². The van der Waals surface area contributed by atoms with E-state index >= 15 is 0 Å². The molecule has 4 heteroatoms. The molecule has 1 N–H and O–H groups in total. The number of carboxylic acids is 1. The van der Waals surface area contributed by atoms with Crippen molar-refractivity contribution in [1.82, 2.24) is 4.98 Å². The molecular formula is C12H11NO3. The van der Waals surface area contributed by atoms with Crippen molar-refractivity contribution in [3.8, 4) is 11.3 Å². The van der Waals surface area contributed by atoms with Gasteiger partial charge in [0.2, 0.25) is 0 Å². The molecule has 82 valence electrons. The standard InChI is InChI=1S/C12H11NO3/c1-7-6-9(10-4-3-5-16-10)11(12(14)15)8(2)13-7/h3-6H,1-2H3,(H,14,15). The second-order valence-corrected chi connectivity index (χ2v) is 3.55. The highest BCUT2D eigenvalue weighted by Crippen LogP contribution is 2.26. The number of pyridine rings is 1. The first kappa shape index (κ1) is 10.4. The number of furan rings is 1. The van der Waals surface area contributed by atoms with Gasteiger partial charge in [0.25, 0.3) is 0 Å². The van der Waals surface area contributed by atoms with Gasteiger partial charge in [-0.2, -0.15) is 0 Å². The molecule has 16 heavy (non-hydrogen) atoms. The molecule has 2 heterocycles. The van der Waals surface area contributed by atoms with E-state index in [1.807, 2.05) is 6.92 Å².